The van der Waals surface area contributed by atoms with Crippen LogP contribution in [0.25, 0.3) is 0 Å². The first-order valence-electron chi connectivity index (χ1n) is 7.22. The Balaban J connectivity index is 2.17. The molecule has 4 nitrogen and oxygen atoms in total. The molecule has 1 heterocycles. The van der Waals surface area contributed by atoms with Gasteiger partial charge in [0, 0.05) is 19.1 Å². The number of benzene rings is 1. The van der Waals surface area contributed by atoms with E-state index in [0.29, 0.717) is 23.9 Å². The Bertz CT molecular complexity index is 531. The zero-order chi connectivity index (χ0) is 14.8. The summed E-state index contributed by atoms with van der Waals surface area (Å²) < 4.78 is 26.7. The van der Waals surface area contributed by atoms with Gasteiger partial charge in [0.1, 0.15) is 0 Å². The lowest BCUT2D eigenvalue weighted by Crippen LogP contribution is -2.37. The molecule has 1 aromatic carbocycles. The van der Waals surface area contributed by atoms with E-state index >= 15 is 0 Å². The number of nitrogens with zero attached hydrogens (tertiary/aromatic N) is 1. The van der Waals surface area contributed by atoms with Crippen LogP contribution in [0.15, 0.2) is 29.2 Å². The first-order chi connectivity index (χ1) is 9.45. The molecule has 112 valence electrons. The van der Waals surface area contributed by atoms with Crippen LogP contribution in [-0.2, 0) is 10.0 Å². The second-order valence-corrected chi connectivity index (χ2v) is 7.60. The molecule has 1 unspecified atom stereocenters. The Kier molecular flexibility index (Phi) is 4.83. The van der Waals surface area contributed by atoms with Crippen LogP contribution in [-0.4, -0.2) is 32.9 Å². The van der Waals surface area contributed by atoms with Crippen LogP contribution in [0.3, 0.4) is 0 Å². The standard InChI is InChI=1S/C15H24N2O2S/c1-12-8-10-17(11-9-12)20(18,19)15-6-4-14(5-7-15)13(2)16-3/h4-7,12-13,16H,8-11H2,1-3H3. The maximum Gasteiger partial charge on any atom is 0.243 e. The Morgan fingerprint density at radius 3 is 2.25 bits per heavy atom. The predicted octanol–water partition coefficient (Wildman–Crippen LogP) is 2.39. The van der Waals surface area contributed by atoms with Crippen molar-refractivity contribution >= 4 is 10.0 Å². The van der Waals surface area contributed by atoms with Crippen LogP contribution in [0.4, 0.5) is 0 Å². The average molecular weight is 296 g/mol. The lowest BCUT2D eigenvalue weighted by Gasteiger charge is -2.29. The zero-order valence-electron chi connectivity index (χ0n) is 12.5. The molecule has 1 aliphatic rings. The van der Waals surface area contributed by atoms with Crippen molar-refractivity contribution in [1.82, 2.24) is 9.62 Å². The molecule has 0 aromatic heterocycles. The fourth-order valence-corrected chi connectivity index (χ4v) is 3.94. The molecule has 1 aromatic rings. The van der Waals surface area contributed by atoms with Gasteiger partial charge in [0.25, 0.3) is 0 Å². The monoisotopic (exact) mass is 296 g/mol. The topological polar surface area (TPSA) is 49.4 Å². The number of nitrogens with one attached hydrogen (secondary N) is 1. The van der Waals surface area contributed by atoms with Crippen LogP contribution < -0.4 is 5.32 Å². The van der Waals surface area contributed by atoms with Gasteiger partial charge in [-0.15, -0.1) is 0 Å². The second kappa shape index (κ2) is 6.24. The normalized spacial score (nSPS) is 19.9. The maximum absolute atomic E-state index is 12.6. The third-order valence-corrected chi connectivity index (χ3v) is 6.11. The fourth-order valence-electron chi connectivity index (χ4n) is 2.47. The Hall–Kier alpha value is -0.910. The van der Waals surface area contributed by atoms with E-state index in [0.717, 1.165) is 18.4 Å². The van der Waals surface area contributed by atoms with E-state index in [2.05, 4.69) is 19.2 Å². The molecule has 1 aliphatic heterocycles. The summed E-state index contributed by atoms with van der Waals surface area (Å²) in [6.45, 7) is 5.50. The summed E-state index contributed by atoms with van der Waals surface area (Å²) in [6.07, 6.45) is 1.90. The van der Waals surface area contributed by atoms with Crippen LogP contribution >= 0.6 is 0 Å². The minimum absolute atomic E-state index is 0.225. The van der Waals surface area contributed by atoms with Gasteiger partial charge in [-0.25, -0.2) is 8.42 Å². The summed E-state index contributed by atoms with van der Waals surface area (Å²) in [4.78, 5) is 0.402. The first kappa shape index (κ1) is 15.5. The molecule has 1 saturated heterocycles. The average Bonchev–Trinajstić information content (AvgIpc) is 2.47. The van der Waals surface area contributed by atoms with Gasteiger partial charge in [-0.3, -0.25) is 0 Å². The molecule has 0 radical (unpaired) electrons. The summed E-state index contributed by atoms with van der Waals surface area (Å²) in [7, 11) is -1.43. The molecule has 2 rings (SSSR count). The highest BCUT2D eigenvalue weighted by Crippen LogP contribution is 2.24. The minimum Gasteiger partial charge on any atom is -0.313 e. The predicted molar refractivity (Wildman–Crippen MR) is 81.1 cm³/mol. The molecule has 1 fully saturated rings. The van der Waals surface area contributed by atoms with Crippen molar-refractivity contribution in [1.29, 1.82) is 0 Å². The molecular weight excluding hydrogens is 272 g/mol. The van der Waals surface area contributed by atoms with Gasteiger partial charge in [0.2, 0.25) is 10.0 Å². The molecule has 1 atom stereocenters. The highest BCUT2D eigenvalue weighted by atomic mass is 32.2. The summed E-state index contributed by atoms with van der Waals surface area (Å²) in [5, 5.41) is 3.15. The van der Waals surface area contributed by atoms with E-state index in [1.165, 1.54) is 0 Å². The quantitative estimate of drug-likeness (QED) is 0.928. The number of piperidine rings is 1. The summed E-state index contributed by atoms with van der Waals surface area (Å²) >= 11 is 0. The molecule has 0 aliphatic carbocycles. The molecule has 0 bridgehead atoms. The Labute approximate surface area is 122 Å². The maximum atomic E-state index is 12.6. The van der Waals surface area contributed by atoms with Crippen molar-refractivity contribution in [3.8, 4) is 0 Å². The summed E-state index contributed by atoms with van der Waals surface area (Å²) in [6, 6.07) is 7.44. The molecule has 0 saturated carbocycles. The van der Waals surface area contributed by atoms with Gasteiger partial charge < -0.3 is 5.32 Å². The highest BCUT2D eigenvalue weighted by molar-refractivity contribution is 7.89. The Morgan fingerprint density at radius 2 is 1.75 bits per heavy atom. The third-order valence-electron chi connectivity index (χ3n) is 4.19. The molecule has 1 N–H and O–H groups in total. The van der Waals surface area contributed by atoms with Crippen molar-refractivity contribution in [2.24, 2.45) is 5.92 Å². The van der Waals surface area contributed by atoms with E-state index < -0.39 is 10.0 Å². The van der Waals surface area contributed by atoms with Gasteiger partial charge in [0.15, 0.2) is 0 Å². The smallest absolute Gasteiger partial charge is 0.243 e. The summed E-state index contributed by atoms with van der Waals surface area (Å²) in [5.74, 6) is 0.625. The van der Waals surface area contributed by atoms with Crippen LogP contribution in [0.5, 0.6) is 0 Å². The number of hydrogen-bond acceptors (Lipinski definition) is 3. The van der Waals surface area contributed by atoms with Crippen LogP contribution in [0, 0.1) is 5.92 Å². The van der Waals surface area contributed by atoms with E-state index in [-0.39, 0.29) is 6.04 Å². The largest absolute Gasteiger partial charge is 0.313 e. The first-order valence-corrected chi connectivity index (χ1v) is 8.66. The van der Waals surface area contributed by atoms with Gasteiger partial charge in [0.05, 0.1) is 4.90 Å². The second-order valence-electron chi connectivity index (χ2n) is 5.67. The van der Waals surface area contributed by atoms with Crippen LogP contribution in [0.1, 0.15) is 38.3 Å². The van der Waals surface area contributed by atoms with Gasteiger partial charge in [-0.1, -0.05) is 19.1 Å². The van der Waals surface area contributed by atoms with Crippen molar-refractivity contribution in [2.75, 3.05) is 20.1 Å². The Morgan fingerprint density at radius 1 is 1.20 bits per heavy atom. The SMILES string of the molecule is CNC(C)c1ccc(S(=O)(=O)N2CCC(C)CC2)cc1. The molecule has 20 heavy (non-hydrogen) atoms. The lowest BCUT2D eigenvalue weighted by atomic mass is 10.0. The fraction of sp³-hybridized carbons (Fsp3) is 0.600. The minimum atomic E-state index is -3.32. The molecule has 5 heteroatoms. The molecular formula is C15H24N2O2S. The van der Waals surface area contributed by atoms with Gasteiger partial charge >= 0.3 is 0 Å². The molecule has 0 spiro atoms. The number of rotatable bonds is 4. The van der Waals surface area contributed by atoms with Crippen molar-refractivity contribution in [3.63, 3.8) is 0 Å². The van der Waals surface area contributed by atoms with Gasteiger partial charge in [-0.05, 0) is 50.4 Å². The van der Waals surface area contributed by atoms with Crippen molar-refractivity contribution in [2.45, 2.75) is 37.6 Å². The van der Waals surface area contributed by atoms with E-state index in [1.807, 2.05) is 19.2 Å². The number of hydrogen-bond donors (Lipinski definition) is 1. The summed E-state index contributed by atoms with van der Waals surface area (Å²) in [5.41, 5.74) is 1.10. The van der Waals surface area contributed by atoms with Gasteiger partial charge in [-0.2, -0.15) is 4.31 Å². The van der Waals surface area contributed by atoms with E-state index in [4.69, 9.17) is 0 Å². The van der Waals surface area contributed by atoms with Crippen LogP contribution in [0.2, 0.25) is 0 Å². The highest BCUT2D eigenvalue weighted by Gasteiger charge is 2.27. The van der Waals surface area contributed by atoms with E-state index in [9.17, 15) is 8.42 Å². The number of sulfonamides is 1. The molecule has 0 amide bonds. The van der Waals surface area contributed by atoms with Crippen molar-refractivity contribution in [3.05, 3.63) is 29.8 Å². The zero-order valence-corrected chi connectivity index (χ0v) is 13.3. The third kappa shape index (κ3) is 3.22. The lowest BCUT2D eigenvalue weighted by molar-refractivity contribution is 0.288. The van der Waals surface area contributed by atoms with Crippen molar-refractivity contribution < 1.29 is 8.42 Å². The van der Waals surface area contributed by atoms with E-state index in [1.54, 1.807) is 16.4 Å².